The minimum atomic E-state index is -0.217. The van der Waals surface area contributed by atoms with Gasteiger partial charge in [0, 0.05) is 5.02 Å². The van der Waals surface area contributed by atoms with Gasteiger partial charge >= 0.3 is 5.97 Å². The van der Waals surface area contributed by atoms with E-state index in [1.165, 1.54) is 0 Å². The van der Waals surface area contributed by atoms with Gasteiger partial charge in [-0.05, 0) is 42.9 Å². The van der Waals surface area contributed by atoms with Crippen LogP contribution in [-0.4, -0.2) is 36.6 Å². The Labute approximate surface area is 160 Å². The Hall–Kier alpha value is -2.04. The third-order valence-corrected chi connectivity index (χ3v) is 4.48. The number of hydrogen-bond acceptors (Lipinski definition) is 4. The van der Waals surface area contributed by atoms with Gasteiger partial charge in [0.1, 0.15) is 19.0 Å². The number of halogens is 1. The predicted octanol–water partition coefficient (Wildman–Crippen LogP) is 4.56. The van der Waals surface area contributed by atoms with Crippen molar-refractivity contribution in [2.75, 3.05) is 19.7 Å². The minimum absolute atomic E-state index is 0.0380. The molecule has 0 aliphatic rings. The lowest BCUT2D eigenvalue weighted by Crippen LogP contribution is -2.41. The zero-order valence-corrected chi connectivity index (χ0v) is 16.1. The molecule has 0 saturated heterocycles. The molecule has 2 aromatic rings. The second kappa shape index (κ2) is 10.8. The Morgan fingerprint density at radius 3 is 2.31 bits per heavy atom. The molecule has 0 heterocycles. The molecule has 0 saturated carbocycles. The van der Waals surface area contributed by atoms with Crippen LogP contribution in [0.25, 0.3) is 0 Å². The monoisotopic (exact) mass is 375 g/mol. The Kier molecular flexibility index (Phi) is 8.45. The van der Waals surface area contributed by atoms with Gasteiger partial charge in [-0.15, -0.1) is 0 Å². The summed E-state index contributed by atoms with van der Waals surface area (Å²) in [5, 5.41) is 0.669. The van der Waals surface area contributed by atoms with E-state index in [2.05, 4.69) is 18.7 Å². The number of hydrogen-bond donors (Lipinski definition) is 0. The Morgan fingerprint density at radius 1 is 1.04 bits per heavy atom. The van der Waals surface area contributed by atoms with E-state index in [-0.39, 0.29) is 12.0 Å². The van der Waals surface area contributed by atoms with Crippen LogP contribution in [0.4, 0.5) is 0 Å². The summed E-state index contributed by atoms with van der Waals surface area (Å²) in [4.78, 5) is 14.5. The number of benzene rings is 2. The number of likely N-dealkylation sites (N-methyl/N-ethyl adjacent to an activating group) is 1. The summed E-state index contributed by atoms with van der Waals surface area (Å²) in [6.07, 6.45) is 0.294. The molecule has 1 unspecified atom stereocenters. The third-order valence-electron chi connectivity index (χ3n) is 4.23. The van der Waals surface area contributed by atoms with Crippen LogP contribution in [0.2, 0.25) is 5.02 Å². The highest BCUT2D eigenvalue weighted by atomic mass is 35.5. The first-order valence-corrected chi connectivity index (χ1v) is 9.32. The molecule has 0 amide bonds. The Morgan fingerprint density at radius 2 is 1.69 bits per heavy atom. The van der Waals surface area contributed by atoms with Crippen molar-refractivity contribution < 1.29 is 14.3 Å². The molecule has 2 aromatic carbocycles. The number of carbonyl (C=O) groups excluding carboxylic acids is 1. The van der Waals surface area contributed by atoms with E-state index < -0.39 is 0 Å². The molecule has 26 heavy (non-hydrogen) atoms. The van der Waals surface area contributed by atoms with Gasteiger partial charge in [-0.25, -0.2) is 0 Å². The van der Waals surface area contributed by atoms with E-state index in [1.54, 1.807) is 12.1 Å². The van der Waals surface area contributed by atoms with Crippen LogP contribution in [0.15, 0.2) is 54.6 Å². The molecule has 0 fully saturated rings. The van der Waals surface area contributed by atoms with Crippen molar-refractivity contribution in [3.63, 3.8) is 0 Å². The highest BCUT2D eigenvalue weighted by molar-refractivity contribution is 6.30. The first-order valence-electron chi connectivity index (χ1n) is 8.94. The number of rotatable bonds is 10. The molecule has 1 atom stereocenters. The van der Waals surface area contributed by atoms with Crippen LogP contribution in [0.5, 0.6) is 5.75 Å². The van der Waals surface area contributed by atoms with E-state index >= 15 is 0 Å². The summed E-state index contributed by atoms with van der Waals surface area (Å²) in [6.45, 7) is 6.56. The number of ether oxygens (including phenoxy) is 2. The largest absolute Gasteiger partial charge is 0.492 e. The first kappa shape index (κ1) is 20.3. The molecule has 4 nitrogen and oxygen atoms in total. The fraction of sp³-hybridized carbons (Fsp3) is 0.381. The van der Waals surface area contributed by atoms with Crippen LogP contribution in [0, 0.1) is 0 Å². The molecule has 0 bridgehead atoms. The molecule has 0 spiro atoms. The van der Waals surface area contributed by atoms with Crippen molar-refractivity contribution in [1.29, 1.82) is 0 Å². The molecule has 2 rings (SSSR count). The van der Waals surface area contributed by atoms with Gasteiger partial charge in [0.2, 0.25) is 0 Å². The van der Waals surface area contributed by atoms with Gasteiger partial charge in [-0.2, -0.15) is 0 Å². The molecule has 140 valence electrons. The van der Waals surface area contributed by atoms with Crippen molar-refractivity contribution in [3.05, 3.63) is 65.2 Å². The quantitative estimate of drug-likeness (QED) is 0.570. The minimum Gasteiger partial charge on any atom is -0.492 e. The second-order valence-electron chi connectivity index (χ2n) is 5.99. The summed E-state index contributed by atoms with van der Waals surface area (Å²) < 4.78 is 11.3. The summed E-state index contributed by atoms with van der Waals surface area (Å²) in [6, 6.07) is 16.9. The van der Waals surface area contributed by atoms with Gasteiger partial charge in [0.15, 0.2) is 0 Å². The second-order valence-corrected chi connectivity index (χ2v) is 6.43. The lowest BCUT2D eigenvalue weighted by atomic mass is 10.2. The van der Waals surface area contributed by atoms with Crippen LogP contribution >= 0.6 is 11.6 Å². The molecular formula is C21H26ClNO3. The smallest absolute Gasteiger partial charge is 0.307 e. The number of esters is 1. The van der Waals surface area contributed by atoms with E-state index in [1.807, 2.05) is 42.5 Å². The molecule has 0 aliphatic heterocycles. The van der Waals surface area contributed by atoms with Gasteiger partial charge in [0.05, 0.1) is 12.5 Å². The normalized spacial score (nSPS) is 12.0. The Balaban J connectivity index is 1.90. The van der Waals surface area contributed by atoms with Gasteiger partial charge in [-0.3, -0.25) is 9.69 Å². The van der Waals surface area contributed by atoms with E-state index in [4.69, 9.17) is 21.1 Å². The van der Waals surface area contributed by atoms with Crippen molar-refractivity contribution in [2.45, 2.75) is 32.9 Å². The van der Waals surface area contributed by atoms with E-state index in [0.717, 1.165) is 24.4 Å². The van der Waals surface area contributed by atoms with Gasteiger partial charge in [0.25, 0.3) is 0 Å². The zero-order chi connectivity index (χ0) is 18.8. The fourth-order valence-corrected chi connectivity index (χ4v) is 2.87. The molecule has 0 aromatic heterocycles. The maximum Gasteiger partial charge on any atom is 0.307 e. The van der Waals surface area contributed by atoms with Crippen LogP contribution < -0.4 is 4.74 Å². The van der Waals surface area contributed by atoms with Crippen molar-refractivity contribution >= 4 is 17.6 Å². The molecule has 0 N–H and O–H groups in total. The fourth-order valence-electron chi connectivity index (χ4n) is 2.75. The van der Waals surface area contributed by atoms with E-state index in [0.29, 0.717) is 24.7 Å². The first-order chi connectivity index (χ1) is 12.6. The summed E-state index contributed by atoms with van der Waals surface area (Å²) >= 11 is 5.90. The Bertz CT molecular complexity index is 657. The van der Waals surface area contributed by atoms with Crippen molar-refractivity contribution in [2.24, 2.45) is 0 Å². The van der Waals surface area contributed by atoms with Crippen molar-refractivity contribution in [3.8, 4) is 5.75 Å². The van der Waals surface area contributed by atoms with Gasteiger partial charge < -0.3 is 9.47 Å². The predicted molar refractivity (Wildman–Crippen MR) is 105 cm³/mol. The van der Waals surface area contributed by atoms with Crippen LogP contribution in [0.1, 0.15) is 25.8 Å². The van der Waals surface area contributed by atoms with Crippen LogP contribution in [0.3, 0.4) is 0 Å². The lowest BCUT2D eigenvalue weighted by molar-refractivity contribution is -0.146. The number of nitrogens with zero attached hydrogens (tertiary/aromatic N) is 1. The van der Waals surface area contributed by atoms with Crippen LogP contribution in [-0.2, 0) is 16.1 Å². The summed E-state index contributed by atoms with van der Waals surface area (Å²) in [5.74, 6) is 0.523. The highest BCUT2D eigenvalue weighted by Crippen LogP contribution is 2.17. The standard InChI is InChI=1S/C21H26ClNO3/c1-3-23(4-2)19(16-25-20-12-10-18(22)11-13-20)14-21(24)26-15-17-8-6-5-7-9-17/h5-13,19H,3-4,14-16H2,1-2H3. The number of carbonyl (C=O) groups is 1. The topological polar surface area (TPSA) is 38.8 Å². The van der Waals surface area contributed by atoms with E-state index in [9.17, 15) is 4.79 Å². The summed E-state index contributed by atoms with van der Waals surface area (Å²) in [5.41, 5.74) is 0.984. The summed E-state index contributed by atoms with van der Waals surface area (Å²) in [7, 11) is 0. The molecule has 0 aliphatic carbocycles. The average Bonchev–Trinajstić information content (AvgIpc) is 2.67. The van der Waals surface area contributed by atoms with Gasteiger partial charge in [-0.1, -0.05) is 55.8 Å². The SMILES string of the molecule is CCN(CC)C(COc1ccc(Cl)cc1)CC(=O)OCc1ccccc1. The molecule has 0 radical (unpaired) electrons. The third kappa shape index (κ3) is 6.70. The molecule has 5 heteroatoms. The zero-order valence-electron chi connectivity index (χ0n) is 15.4. The van der Waals surface area contributed by atoms with Crippen molar-refractivity contribution in [1.82, 2.24) is 4.90 Å². The molecular weight excluding hydrogens is 350 g/mol. The average molecular weight is 376 g/mol. The lowest BCUT2D eigenvalue weighted by Gasteiger charge is -2.29. The maximum absolute atomic E-state index is 12.3. The maximum atomic E-state index is 12.3. The highest BCUT2D eigenvalue weighted by Gasteiger charge is 2.21.